The molecule has 1 aromatic heterocycles. The van der Waals surface area contributed by atoms with Crippen molar-refractivity contribution in [2.24, 2.45) is 0 Å². The molecule has 20 heavy (non-hydrogen) atoms. The molecule has 0 saturated carbocycles. The number of methoxy groups -OCH3 is 1. The van der Waals surface area contributed by atoms with E-state index in [1.54, 1.807) is 13.2 Å². The number of ether oxygens (including phenoxy) is 1. The second-order valence-corrected chi connectivity index (χ2v) is 5.29. The van der Waals surface area contributed by atoms with Crippen molar-refractivity contribution < 1.29 is 4.74 Å². The van der Waals surface area contributed by atoms with Gasteiger partial charge in [0.25, 0.3) is 0 Å². The summed E-state index contributed by atoms with van der Waals surface area (Å²) in [6.07, 6.45) is 3.51. The van der Waals surface area contributed by atoms with Crippen molar-refractivity contribution in [1.29, 1.82) is 0 Å². The van der Waals surface area contributed by atoms with Gasteiger partial charge in [0.1, 0.15) is 18.2 Å². The fourth-order valence-electron chi connectivity index (χ4n) is 2.61. The van der Waals surface area contributed by atoms with Gasteiger partial charge >= 0.3 is 0 Å². The van der Waals surface area contributed by atoms with Crippen molar-refractivity contribution in [2.45, 2.75) is 38.8 Å². The third-order valence-corrected chi connectivity index (χ3v) is 3.55. The minimum absolute atomic E-state index is 0.384. The zero-order valence-corrected chi connectivity index (χ0v) is 12.4. The minimum atomic E-state index is 0.384. The van der Waals surface area contributed by atoms with E-state index in [0.717, 1.165) is 31.7 Å². The molecule has 1 aromatic rings. The normalized spacial score (nSPS) is 17.3. The first-order chi connectivity index (χ1) is 9.71. The molecular weight excluding hydrogens is 254 g/mol. The molecule has 0 spiro atoms. The summed E-state index contributed by atoms with van der Waals surface area (Å²) in [5.41, 5.74) is 5.80. The highest BCUT2D eigenvalue weighted by Gasteiger charge is 2.18. The van der Waals surface area contributed by atoms with Crippen molar-refractivity contribution >= 4 is 11.6 Å². The molecule has 6 heteroatoms. The molecule has 1 fully saturated rings. The Labute approximate surface area is 120 Å². The summed E-state index contributed by atoms with van der Waals surface area (Å²) in [5, 5.41) is 3.47. The summed E-state index contributed by atoms with van der Waals surface area (Å²) >= 11 is 0. The number of rotatable bonds is 6. The summed E-state index contributed by atoms with van der Waals surface area (Å²) in [5.74, 6) is 1.91. The van der Waals surface area contributed by atoms with E-state index in [9.17, 15) is 0 Å². The number of likely N-dealkylation sites (tertiary alicyclic amines) is 1. The Morgan fingerprint density at radius 3 is 2.80 bits per heavy atom. The molecule has 1 saturated heterocycles. The molecule has 0 bridgehead atoms. The van der Waals surface area contributed by atoms with Crippen LogP contribution in [0.4, 0.5) is 11.6 Å². The van der Waals surface area contributed by atoms with Crippen LogP contribution in [0, 0.1) is 0 Å². The molecule has 1 aliphatic heterocycles. The number of hydrogen-bond donors (Lipinski definition) is 2. The Bertz CT molecular complexity index is 418. The number of piperidine rings is 1. The number of nitrogens with zero attached hydrogens (tertiary/aromatic N) is 3. The van der Waals surface area contributed by atoms with E-state index in [-0.39, 0.29) is 0 Å². The second-order valence-electron chi connectivity index (χ2n) is 5.29. The number of nitrogen functional groups attached to an aromatic ring is 1. The van der Waals surface area contributed by atoms with Crippen molar-refractivity contribution in [3.63, 3.8) is 0 Å². The fraction of sp³-hybridized carbons (Fsp3) is 0.714. The third-order valence-electron chi connectivity index (χ3n) is 3.55. The van der Waals surface area contributed by atoms with Crippen molar-refractivity contribution in [2.75, 3.05) is 37.8 Å². The van der Waals surface area contributed by atoms with Crippen LogP contribution >= 0.6 is 0 Å². The molecule has 0 unspecified atom stereocenters. The van der Waals surface area contributed by atoms with Gasteiger partial charge in [-0.05, 0) is 25.8 Å². The van der Waals surface area contributed by atoms with Crippen LogP contribution in [-0.4, -0.2) is 47.7 Å². The number of nitrogens with one attached hydrogen (secondary N) is 1. The van der Waals surface area contributed by atoms with Gasteiger partial charge in [-0.15, -0.1) is 0 Å². The SMILES string of the molecule is CCCN1CCC(Nc2cc(N)nc(COC)n2)CC1. The maximum atomic E-state index is 5.80. The summed E-state index contributed by atoms with van der Waals surface area (Å²) < 4.78 is 5.05. The molecule has 6 nitrogen and oxygen atoms in total. The van der Waals surface area contributed by atoms with Gasteiger partial charge in [-0.2, -0.15) is 0 Å². The predicted molar refractivity (Wildman–Crippen MR) is 80.5 cm³/mol. The Hall–Kier alpha value is -1.40. The van der Waals surface area contributed by atoms with Crippen LogP contribution in [0.1, 0.15) is 32.0 Å². The van der Waals surface area contributed by atoms with E-state index < -0.39 is 0 Å². The number of nitrogens with two attached hydrogens (primary N) is 1. The van der Waals surface area contributed by atoms with Gasteiger partial charge in [-0.3, -0.25) is 0 Å². The lowest BCUT2D eigenvalue weighted by Crippen LogP contribution is -2.39. The summed E-state index contributed by atoms with van der Waals surface area (Å²) in [6.45, 7) is 6.11. The number of hydrogen-bond acceptors (Lipinski definition) is 6. The smallest absolute Gasteiger partial charge is 0.158 e. The maximum Gasteiger partial charge on any atom is 0.158 e. The number of aromatic nitrogens is 2. The van der Waals surface area contributed by atoms with Gasteiger partial charge in [-0.25, -0.2) is 9.97 Å². The van der Waals surface area contributed by atoms with Crippen molar-refractivity contribution in [3.8, 4) is 0 Å². The minimum Gasteiger partial charge on any atom is -0.384 e. The molecule has 112 valence electrons. The van der Waals surface area contributed by atoms with E-state index >= 15 is 0 Å². The molecule has 0 radical (unpaired) electrons. The first kappa shape index (κ1) is 15.0. The van der Waals surface area contributed by atoms with Crippen LogP contribution in [0.3, 0.4) is 0 Å². The monoisotopic (exact) mass is 279 g/mol. The standard InChI is InChI=1S/C14H25N5O/c1-3-6-19-7-4-11(5-8-19)16-13-9-12(15)17-14(18-13)10-20-2/h9,11H,3-8,10H2,1-2H3,(H3,15,16,17,18). The average molecular weight is 279 g/mol. The molecule has 2 rings (SSSR count). The zero-order chi connectivity index (χ0) is 14.4. The summed E-state index contributed by atoms with van der Waals surface area (Å²) in [4.78, 5) is 11.1. The summed E-state index contributed by atoms with van der Waals surface area (Å²) in [7, 11) is 1.63. The number of anilines is 2. The lowest BCUT2D eigenvalue weighted by atomic mass is 10.0. The quantitative estimate of drug-likeness (QED) is 0.821. The lowest BCUT2D eigenvalue weighted by Gasteiger charge is -2.32. The van der Waals surface area contributed by atoms with Gasteiger partial charge in [0, 0.05) is 32.3 Å². The van der Waals surface area contributed by atoms with Crippen LogP contribution in [0.2, 0.25) is 0 Å². The molecule has 3 N–H and O–H groups in total. The maximum absolute atomic E-state index is 5.80. The lowest BCUT2D eigenvalue weighted by molar-refractivity contribution is 0.178. The van der Waals surface area contributed by atoms with E-state index in [2.05, 4.69) is 27.1 Å². The van der Waals surface area contributed by atoms with Gasteiger partial charge in [0.05, 0.1) is 0 Å². The topological polar surface area (TPSA) is 76.3 Å². The highest BCUT2D eigenvalue weighted by atomic mass is 16.5. The van der Waals surface area contributed by atoms with Crippen LogP contribution in [0.15, 0.2) is 6.07 Å². The Balaban J connectivity index is 1.90. The first-order valence-corrected chi connectivity index (χ1v) is 7.32. The van der Waals surface area contributed by atoms with E-state index in [1.807, 2.05) is 0 Å². The molecular formula is C14H25N5O. The largest absolute Gasteiger partial charge is 0.384 e. The molecule has 0 amide bonds. The van der Waals surface area contributed by atoms with Crippen LogP contribution in [-0.2, 0) is 11.3 Å². The summed E-state index contributed by atoms with van der Waals surface area (Å²) in [6, 6.07) is 2.25. The van der Waals surface area contributed by atoms with Crippen LogP contribution in [0.25, 0.3) is 0 Å². The third kappa shape index (κ3) is 4.31. The highest BCUT2D eigenvalue weighted by molar-refractivity contribution is 5.45. The fourth-order valence-corrected chi connectivity index (χ4v) is 2.61. The molecule has 0 aliphatic carbocycles. The molecule has 0 aromatic carbocycles. The Morgan fingerprint density at radius 1 is 1.40 bits per heavy atom. The second kappa shape index (κ2) is 7.40. The van der Waals surface area contributed by atoms with E-state index in [0.29, 0.717) is 24.3 Å². The molecule has 0 atom stereocenters. The van der Waals surface area contributed by atoms with Gasteiger partial charge in [0.2, 0.25) is 0 Å². The first-order valence-electron chi connectivity index (χ1n) is 7.32. The van der Waals surface area contributed by atoms with Gasteiger partial charge < -0.3 is 20.7 Å². The highest BCUT2D eigenvalue weighted by Crippen LogP contribution is 2.17. The van der Waals surface area contributed by atoms with Crippen LogP contribution < -0.4 is 11.1 Å². The van der Waals surface area contributed by atoms with E-state index in [1.165, 1.54) is 13.0 Å². The van der Waals surface area contributed by atoms with Gasteiger partial charge in [-0.1, -0.05) is 6.92 Å². The average Bonchev–Trinajstić information content (AvgIpc) is 2.41. The Morgan fingerprint density at radius 2 is 2.15 bits per heavy atom. The van der Waals surface area contributed by atoms with Crippen molar-refractivity contribution in [1.82, 2.24) is 14.9 Å². The van der Waals surface area contributed by atoms with Crippen LogP contribution in [0.5, 0.6) is 0 Å². The zero-order valence-electron chi connectivity index (χ0n) is 12.4. The van der Waals surface area contributed by atoms with Crippen molar-refractivity contribution in [3.05, 3.63) is 11.9 Å². The molecule has 1 aliphatic rings. The predicted octanol–water partition coefficient (Wildman–Crippen LogP) is 1.49. The van der Waals surface area contributed by atoms with E-state index in [4.69, 9.17) is 10.5 Å². The van der Waals surface area contributed by atoms with Gasteiger partial charge in [0.15, 0.2) is 5.82 Å². The molecule has 2 heterocycles. The Kier molecular flexibility index (Phi) is 5.55.